The van der Waals surface area contributed by atoms with Gasteiger partial charge in [-0.05, 0) is 50.9 Å². The van der Waals surface area contributed by atoms with Crippen LogP contribution >= 0.6 is 11.3 Å². The van der Waals surface area contributed by atoms with E-state index >= 15 is 0 Å². The van der Waals surface area contributed by atoms with Crippen LogP contribution in [0.5, 0.6) is 0 Å². The number of hydrogen-bond donors (Lipinski definition) is 2. The van der Waals surface area contributed by atoms with Crippen LogP contribution in [-0.4, -0.2) is 22.7 Å². The summed E-state index contributed by atoms with van der Waals surface area (Å²) in [6, 6.07) is 11.6. The van der Waals surface area contributed by atoms with Crippen molar-refractivity contribution in [2.45, 2.75) is 57.0 Å². The minimum absolute atomic E-state index is 0.357. The first-order chi connectivity index (χ1) is 11.8. The van der Waals surface area contributed by atoms with E-state index in [1.165, 1.54) is 46.8 Å². The lowest BCUT2D eigenvalue weighted by Crippen LogP contribution is -2.37. The highest BCUT2D eigenvalue weighted by molar-refractivity contribution is 7.15. The van der Waals surface area contributed by atoms with Gasteiger partial charge >= 0.3 is 0 Å². The average Bonchev–Trinajstić information content (AvgIpc) is 3.08. The standard InChI is InChI=1S/C20H26N2OS/c23-13-14-9-11-16(12-10-14)21-17-7-4-8-18-19(17)24-20(22-18)15-5-2-1-3-6-15/h1-3,5-6,14,16-17,21,23H,4,7-13H2. The Kier molecular flexibility index (Phi) is 4.97. The highest BCUT2D eigenvalue weighted by Crippen LogP contribution is 2.39. The molecule has 1 heterocycles. The molecular formula is C20H26N2OS. The van der Waals surface area contributed by atoms with Crippen molar-refractivity contribution in [3.8, 4) is 10.6 Å². The van der Waals surface area contributed by atoms with Crippen molar-refractivity contribution in [2.75, 3.05) is 6.61 Å². The van der Waals surface area contributed by atoms with E-state index in [2.05, 4.69) is 35.6 Å². The molecule has 4 heteroatoms. The lowest BCUT2D eigenvalue weighted by molar-refractivity contribution is 0.170. The lowest BCUT2D eigenvalue weighted by atomic mass is 9.85. The second-order valence-corrected chi connectivity index (χ2v) is 8.24. The first-order valence-corrected chi connectivity index (χ1v) is 10.1. The van der Waals surface area contributed by atoms with Crippen LogP contribution in [0, 0.1) is 5.92 Å². The van der Waals surface area contributed by atoms with Gasteiger partial charge in [-0.3, -0.25) is 0 Å². The van der Waals surface area contributed by atoms with Crippen LogP contribution in [0.25, 0.3) is 10.6 Å². The number of rotatable bonds is 4. The van der Waals surface area contributed by atoms with E-state index < -0.39 is 0 Å². The normalized spacial score (nSPS) is 27.0. The Morgan fingerprint density at radius 1 is 1.08 bits per heavy atom. The van der Waals surface area contributed by atoms with Gasteiger partial charge in [0.1, 0.15) is 5.01 Å². The fourth-order valence-corrected chi connectivity index (χ4v) is 5.29. The smallest absolute Gasteiger partial charge is 0.123 e. The van der Waals surface area contributed by atoms with Gasteiger partial charge in [-0.1, -0.05) is 30.3 Å². The molecule has 2 aromatic rings. The third-order valence-corrected chi connectivity index (χ3v) is 6.77. The van der Waals surface area contributed by atoms with E-state index in [0.717, 1.165) is 19.3 Å². The first-order valence-electron chi connectivity index (χ1n) is 9.25. The maximum atomic E-state index is 9.31. The number of fused-ring (bicyclic) bond motifs is 1. The van der Waals surface area contributed by atoms with Crippen LogP contribution in [0.15, 0.2) is 30.3 Å². The second kappa shape index (κ2) is 7.34. The zero-order chi connectivity index (χ0) is 16.4. The first kappa shape index (κ1) is 16.2. The molecule has 1 aromatic heterocycles. The highest BCUT2D eigenvalue weighted by Gasteiger charge is 2.28. The Labute approximate surface area is 148 Å². The summed E-state index contributed by atoms with van der Waals surface area (Å²) < 4.78 is 0. The fourth-order valence-electron chi connectivity index (χ4n) is 4.08. The van der Waals surface area contributed by atoms with Crippen molar-refractivity contribution in [1.82, 2.24) is 10.3 Å². The molecule has 0 radical (unpaired) electrons. The van der Waals surface area contributed by atoms with Crippen molar-refractivity contribution < 1.29 is 5.11 Å². The van der Waals surface area contributed by atoms with Gasteiger partial charge in [-0.15, -0.1) is 11.3 Å². The number of nitrogens with zero attached hydrogens (tertiary/aromatic N) is 1. The molecule has 0 amide bonds. The van der Waals surface area contributed by atoms with E-state index in [4.69, 9.17) is 4.98 Å². The summed E-state index contributed by atoms with van der Waals surface area (Å²) in [5, 5.41) is 14.4. The van der Waals surface area contributed by atoms with Gasteiger partial charge in [0.25, 0.3) is 0 Å². The quantitative estimate of drug-likeness (QED) is 0.869. The monoisotopic (exact) mass is 342 g/mol. The molecule has 128 valence electrons. The van der Waals surface area contributed by atoms with Crippen molar-refractivity contribution in [3.63, 3.8) is 0 Å². The summed E-state index contributed by atoms with van der Waals surface area (Å²) in [7, 11) is 0. The molecule has 0 bridgehead atoms. The van der Waals surface area contributed by atoms with Crippen LogP contribution in [-0.2, 0) is 6.42 Å². The zero-order valence-electron chi connectivity index (χ0n) is 14.1. The number of aliphatic hydroxyl groups is 1. The lowest BCUT2D eigenvalue weighted by Gasteiger charge is -2.32. The molecule has 0 aliphatic heterocycles. The average molecular weight is 343 g/mol. The summed E-state index contributed by atoms with van der Waals surface area (Å²) in [4.78, 5) is 6.40. The Balaban J connectivity index is 1.49. The molecule has 2 aliphatic rings. The summed E-state index contributed by atoms with van der Waals surface area (Å²) in [5.41, 5.74) is 2.55. The van der Waals surface area contributed by atoms with Crippen molar-refractivity contribution in [2.24, 2.45) is 5.92 Å². The molecule has 1 fully saturated rings. The number of aryl methyl sites for hydroxylation is 1. The predicted molar refractivity (Wildman–Crippen MR) is 99.2 cm³/mol. The molecule has 2 aliphatic carbocycles. The van der Waals surface area contributed by atoms with Crippen molar-refractivity contribution >= 4 is 11.3 Å². The largest absolute Gasteiger partial charge is 0.396 e. The molecule has 0 spiro atoms. The summed E-state index contributed by atoms with van der Waals surface area (Å²) in [5.74, 6) is 0.526. The molecule has 3 nitrogen and oxygen atoms in total. The van der Waals surface area contributed by atoms with E-state index in [1.807, 2.05) is 11.3 Å². The minimum atomic E-state index is 0.357. The van der Waals surface area contributed by atoms with Crippen molar-refractivity contribution in [1.29, 1.82) is 0 Å². The summed E-state index contributed by atoms with van der Waals surface area (Å²) in [6.45, 7) is 0.357. The van der Waals surface area contributed by atoms with Gasteiger partial charge < -0.3 is 10.4 Å². The SMILES string of the molecule is OCC1CCC(NC2CCCc3nc(-c4ccccc4)sc32)CC1. The van der Waals surface area contributed by atoms with E-state index in [1.54, 1.807) is 0 Å². The van der Waals surface area contributed by atoms with Gasteiger partial charge in [0.15, 0.2) is 0 Å². The van der Waals surface area contributed by atoms with E-state index in [-0.39, 0.29) is 0 Å². The zero-order valence-corrected chi connectivity index (χ0v) is 14.9. The molecule has 1 saturated carbocycles. The predicted octanol–water partition coefficient (Wildman–Crippen LogP) is 4.33. The fraction of sp³-hybridized carbons (Fsp3) is 0.550. The summed E-state index contributed by atoms with van der Waals surface area (Å²) >= 11 is 1.88. The maximum Gasteiger partial charge on any atom is 0.123 e. The van der Waals surface area contributed by atoms with E-state index in [9.17, 15) is 5.11 Å². The third-order valence-electron chi connectivity index (χ3n) is 5.51. The second-order valence-electron chi connectivity index (χ2n) is 7.21. The third kappa shape index (κ3) is 3.41. The topological polar surface area (TPSA) is 45.1 Å². The Hall–Kier alpha value is -1.23. The van der Waals surface area contributed by atoms with Crippen LogP contribution in [0.2, 0.25) is 0 Å². The van der Waals surface area contributed by atoms with Gasteiger partial charge in [-0.2, -0.15) is 0 Å². The number of benzene rings is 1. The highest BCUT2D eigenvalue weighted by atomic mass is 32.1. The van der Waals surface area contributed by atoms with Crippen LogP contribution in [0.1, 0.15) is 55.1 Å². The number of thiazole rings is 1. The van der Waals surface area contributed by atoms with Gasteiger partial charge in [0.05, 0.1) is 5.69 Å². The van der Waals surface area contributed by atoms with E-state index in [0.29, 0.717) is 24.6 Å². The van der Waals surface area contributed by atoms with Gasteiger partial charge in [0, 0.05) is 29.1 Å². The number of hydrogen-bond acceptors (Lipinski definition) is 4. The van der Waals surface area contributed by atoms with Gasteiger partial charge in [-0.25, -0.2) is 4.98 Å². The van der Waals surface area contributed by atoms with Crippen LogP contribution in [0.4, 0.5) is 0 Å². The molecule has 24 heavy (non-hydrogen) atoms. The Bertz CT molecular complexity index is 662. The van der Waals surface area contributed by atoms with Crippen LogP contribution in [0.3, 0.4) is 0 Å². The van der Waals surface area contributed by atoms with Crippen molar-refractivity contribution in [3.05, 3.63) is 40.9 Å². The Morgan fingerprint density at radius 3 is 2.62 bits per heavy atom. The minimum Gasteiger partial charge on any atom is -0.396 e. The number of aromatic nitrogens is 1. The molecule has 0 saturated heterocycles. The van der Waals surface area contributed by atoms with Crippen LogP contribution < -0.4 is 5.32 Å². The number of aliphatic hydroxyl groups excluding tert-OH is 1. The molecular weight excluding hydrogens is 316 g/mol. The van der Waals surface area contributed by atoms with Gasteiger partial charge in [0.2, 0.25) is 0 Å². The maximum absolute atomic E-state index is 9.31. The molecule has 2 N–H and O–H groups in total. The molecule has 4 rings (SSSR count). The molecule has 1 aromatic carbocycles. The molecule has 1 unspecified atom stereocenters. The number of nitrogens with one attached hydrogen (secondary N) is 1. The molecule has 1 atom stereocenters. The summed E-state index contributed by atoms with van der Waals surface area (Å²) in [6.07, 6.45) is 8.28. The Morgan fingerprint density at radius 2 is 1.88 bits per heavy atom.